The molecule has 1 fully saturated rings. The van der Waals surface area contributed by atoms with Crippen LogP contribution < -0.4 is 15.5 Å². The van der Waals surface area contributed by atoms with Crippen molar-refractivity contribution < 1.29 is 0 Å². The fourth-order valence-electron chi connectivity index (χ4n) is 2.90. The highest BCUT2D eigenvalue weighted by Gasteiger charge is 2.21. The van der Waals surface area contributed by atoms with Crippen LogP contribution in [0.25, 0.3) is 0 Å². The van der Waals surface area contributed by atoms with Crippen LogP contribution in [0.3, 0.4) is 0 Å². The van der Waals surface area contributed by atoms with Crippen LogP contribution in [0.4, 0.5) is 5.69 Å². The molecular formula is C18H31N5. The molecule has 0 spiro atoms. The molecule has 128 valence electrons. The molecule has 1 aliphatic rings. The molecule has 2 N–H and O–H groups in total. The van der Waals surface area contributed by atoms with E-state index in [9.17, 15) is 0 Å². The topological polar surface area (TPSA) is 42.9 Å². The predicted molar refractivity (Wildman–Crippen MR) is 99.3 cm³/mol. The number of aliphatic imine (C=N–C) groups is 1. The van der Waals surface area contributed by atoms with Crippen molar-refractivity contribution in [3.05, 3.63) is 30.3 Å². The van der Waals surface area contributed by atoms with Crippen molar-refractivity contribution in [1.82, 2.24) is 15.5 Å². The number of hydrogen-bond acceptors (Lipinski definition) is 3. The molecule has 0 saturated carbocycles. The Bertz CT molecular complexity index is 477. The molecule has 5 nitrogen and oxygen atoms in total. The van der Waals surface area contributed by atoms with E-state index in [1.165, 1.54) is 5.69 Å². The van der Waals surface area contributed by atoms with Crippen LogP contribution in [0.1, 0.15) is 20.8 Å². The highest BCUT2D eigenvalue weighted by molar-refractivity contribution is 5.79. The van der Waals surface area contributed by atoms with Gasteiger partial charge < -0.3 is 15.5 Å². The third kappa shape index (κ3) is 5.43. The summed E-state index contributed by atoms with van der Waals surface area (Å²) >= 11 is 0. The van der Waals surface area contributed by atoms with E-state index in [1.54, 1.807) is 0 Å². The lowest BCUT2D eigenvalue weighted by molar-refractivity contribution is 0.197. The number of benzene rings is 1. The van der Waals surface area contributed by atoms with E-state index in [0.29, 0.717) is 12.1 Å². The van der Waals surface area contributed by atoms with E-state index in [0.717, 1.165) is 38.7 Å². The van der Waals surface area contributed by atoms with Gasteiger partial charge in [0.05, 0.1) is 0 Å². The lowest BCUT2D eigenvalue weighted by Crippen LogP contribution is -2.53. The minimum absolute atomic E-state index is 0.394. The van der Waals surface area contributed by atoms with Crippen LogP contribution in [-0.2, 0) is 0 Å². The average molecular weight is 317 g/mol. The highest BCUT2D eigenvalue weighted by Crippen LogP contribution is 2.16. The molecule has 1 aliphatic heterocycles. The molecule has 5 heteroatoms. The van der Waals surface area contributed by atoms with E-state index in [4.69, 9.17) is 0 Å². The summed E-state index contributed by atoms with van der Waals surface area (Å²) in [5.41, 5.74) is 1.33. The number of rotatable bonds is 5. The third-order valence-corrected chi connectivity index (χ3v) is 4.27. The summed E-state index contributed by atoms with van der Waals surface area (Å²) in [6.07, 6.45) is 0. The van der Waals surface area contributed by atoms with Gasteiger partial charge in [-0.25, -0.2) is 0 Å². The number of para-hydroxylation sites is 1. The van der Waals surface area contributed by atoms with Gasteiger partial charge in [0.15, 0.2) is 5.96 Å². The number of hydrogen-bond donors (Lipinski definition) is 2. The van der Waals surface area contributed by atoms with Gasteiger partial charge in [0.25, 0.3) is 0 Å². The van der Waals surface area contributed by atoms with Gasteiger partial charge in [0.1, 0.15) is 0 Å². The van der Waals surface area contributed by atoms with Crippen molar-refractivity contribution in [2.45, 2.75) is 32.9 Å². The van der Waals surface area contributed by atoms with Gasteiger partial charge in [0, 0.05) is 57.5 Å². The standard InChI is InChI=1S/C18H31N5/c1-15(2)21-18(19-4)20-14-16(3)22-10-12-23(13-11-22)17-8-6-5-7-9-17/h5-9,15-16H,10-14H2,1-4H3,(H2,19,20,21). The highest BCUT2D eigenvalue weighted by atomic mass is 15.3. The van der Waals surface area contributed by atoms with Crippen molar-refractivity contribution >= 4 is 11.6 Å². The number of nitrogens with zero attached hydrogens (tertiary/aromatic N) is 3. The average Bonchev–Trinajstić information content (AvgIpc) is 2.59. The molecule has 1 aromatic carbocycles. The maximum Gasteiger partial charge on any atom is 0.191 e. The first-order valence-electron chi connectivity index (χ1n) is 8.61. The second kappa shape index (κ2) is 8.77. The van der Waals surface area contributed by atoms with Gasteiger partial charge in [0.2, 0.25) is 0 Å². The Balaban J connectivity index is 1.76. The molecule has 1 saturated heterocycles. The van der Waals surface area contributed by atoms with Crippen LogP contribution in [0, 0.1) is 0 Å². The molecule has 1 aromatic rings. The zero-order valence-corrected chi connectivity index (χ0v) is 14.9. The molecular weight excluding hydrogens is 286 g/mol. The van der Waals surface area contributed by atoms with Crippen LogP contribution >= 0.6 is 0 Å². The van der Waals surface area contributed by atoms with Crippen molar-refractivity contribution in [1.29, 1.82) is 0 Å². The zero-order valence-electron chi connectivity index (χ0n) is 14.9. The first-order chi connectivity index (χ1) is 11.1. The van der Waals surface area contributed by atoms with E-state index in [-0.39, 0.29) is 0 Å². The smallest absolute Gasteiger partial charge is 0.191 e. The Labute approximate surface area is 140 Å². The predicted octanol–water partition coefficient (Wildman–Crippen LogP) is 1.77. The summed E-state index contributed by atoms with van der Waals surface area (Å²) < 4.78 is 0. The fourth-order valence-corrected chi connectivity index (χ4v) is 2.90. The molecule has 0 radical (unpaired) electrons. The summed E-state index contributed by atoms with van der Waals surface area (Å²) in [7, 11) is 1.82. The fraction of sp³-hybridized carbons (Fsp3) is 0.611. The Kier molecular flexibility index (Phi) is 6.71. The first kappa shape index (κ1) is 17.6. The minimum Gasteiger partial charge on any atom is -0.369 e. The van der Waals surface area contributed by atoms with Crippen molar-refractivity contribution in [2.75, 3.05) is 44.7 Å². The number of piperazine rings is 1. The second-order valence-electron chi connectivity index (χ2n) is 6.46. The lowest BCUT2D eigenvalue weighted by Gasteiger charge is -2.39. The quantitative estimate of drug-likeness (QED) is 0.642. The van der Waals surface area contributed by atoms with Gasteiger partial charge in [-0.05, 0) is 32.9 Å². The van der Waals surface area contributed by atoms with Crippen molar-refractivity contribution in [2.24, 2.45) is 4.99 Å². The van der Waals surface area contributed by atoms with E-state index in [1.807, 2.05) is 7.05 Å². The van der Waals surface area contributed by atoms with Crippen molar-refractivity contribution in [3.8, 4) is 0 Å². The Morgan fingerprint density at radius 2 is 1.74 bits per heavy atom. The number of guanidine groups is 1. The largest absolute Gasteiger partial charge is 0.369 e. The normalized spacial score (nSPS) is 18.1. The van der Waals surface area contributed by atoms with E-state index < -0.39 is 0 Å². The van der Waals surface area contributed by atoms with Crippen molar-refractivity contribution in [3.63, 3.8) is 0 Å². The first-order valence-corrected chi connectivity index (χ1v) is 8.61. The molecule has 0 aliphatic carbocycles. The molecule has 1 heterocycles. The molecule has 1 atom stereocenters. The summed E-state index contributed by atoms with van der Waals surface area (Å²) in [6, 6.07) is 11.6. The Morgan fingerprint density at radius 3 is 2.30 bits per heavy atom. The lowest BCUT2D eigenvalue weighted by atomic mass is 10.2. The monoisotopic (exact) mass is 317 g/mol. The van der Waals surface area contributed by atoms with E-state index >= 15 is 0 Å². The summed E-state index contributed by atoms with van der Waals surface area (Å²) in [4.78, 5) is 9.28. The van der Waals surface area contributed by atoms with Crippen LogP contribution in [-0.4, -0.2) is 62.7 Å². The van der Waals surface area contributed by atoms with Gasteiger partial charge in [-0.15, -0.1) is 0 Å². The van der Waals surface area contributed by atoms with Crippen LogP contribution in [0.2, 0.25) is 0 Å². The molecule has 2 rings (SSSR count). The summed E-state index contributed by atoms with van der Waals surface area (Å²) in [5, 5.41) is 6.75. The van der Waals surface area contributed by atoms with Crippen LogP contribution in [0.15, 0.2) is 35.3 Å². The Hall–Kier alpha value is -1.75. The summed E-state index contributed by atoms with van der Waals surface area (Å²) in [5.74, 6) is 0.884. The third-order valence-electron chi connectivity index (χ3n) is 4.27. The van der Waals surface area contributed by atoms with Gasteiger partial charge in [-0.3, -0.25) is 9.89 Å². The molecule has 1 unspecified atom stereocenters. The SMILES string of the molecule is CN=C(NCC(C)N1CCN(c2ccccc2)CC1)NC(C)C. The maximum atomic E-state index is 4.26. The van der Waals surface area contributed by atoms with Gasteiger partial charge >= 0.3 is 0 Å². The second-order valence-corrected chi connectivity index (χ2v) is 6.46. The van der Waals surface area contributed by atoms with Crippen LogP contribution in [0.5, 0.6) is 0 Å². The van der Waals surface area contributed by atoms with E-state index in [2.05, 4.69) is 76.5 Å². The zero-order chi connectivity index (χ0) is 16.7. The Morgan fingerprint density at radius 1 is 1.09 bits per heavy atom. The number of anilines is 1. The number of nitrogens with one attached hydrogen (secondary N) is 2. The molecule has 0 amide bonds. The maximum absolute atomic E-state index is 4.26. The minimum atomic E-state index is 0.394. The molecule has 0 aromatic heterocycles. The molecule has 0 bridgehead atoms. The van der Waals surface area contributed by atoms with Gasteiger partial charge in [-0.1, -0.05) is 18.2 Å². The molecule has 23 heavy (non-hydrogen) atoms. The summed E-state index contributed by atoms with van der Waals surface area (Å²) in [6.45, 7) is 11.8. The van der Waals surface area contributed by atoms with Gasteiger partial charge in [-0.2, -0.15) is 0 Å².